The van der Waals surface area contributed by atoms with Gasteiger partial charge in [0.25, 0.3) is 5.56 Å². The number of hydrogen-bond acceptors (Lipinski definition) is 9. The van der Waals surface area contributed by atoms with E-state index in [1.54, 1.807) is 32.7 Å². The zero-order chi connectivity index (χ0) is 29.1. The number of benzene rings is 2. The summed E-state index contributed by atoms with van der Waals surface area (Å²) in [6.07, 6.45) is 3.97. The Kier molecular flexibility index (Phi) is 8.18. The van der Waals surface area contributed by atoms with Crippen molar-refractivity contribution in [3.05, 3.63) is 88.0 Å². The lowest BCUT2D eigenvalue weighted by atomic mass is 9.90. The van der Waals surface area contributed by atoms with Crippen molar-refractivity contribution in [3.63, 3.8) is 0 Å². The molecule has 1 N–H and O–H groups in total. The molecule has 4 heterocycles. The number of fused-ring (bicyclic) bond motifs is 2. The Labute approximate surface area is 243 Å². The van der Waals surface area contributed by atoms with Crippen molar-refractivity contribution in [1.82, 2.24) is 14.5 Å². The molecule has 0 aliphatic carbocycles. The first-order valence-corrected chi connectivity index (χ1v) is 14.1. The summed E-state index contributed by atoms with van der Waals surface area (Å²) in [4.78, 5) is 25.4. The number of rotatable bonds is 9. The molecule has 6 rings (SSSR count). The Morgan fingerprint density at radius 3 is 2.60 bits per heavy atom. The third-order valence-corrected chi connectivity index (χ3v) is 7.78. The average Bonchev–Trinajstić information content (AvgIpc) is 3.04. The fourth-order valence-electron chi connectivity index (χ4n) is 5.56. The van der Waals surface area contributed by atoms with Gasteiger partial charge in [-0.05, 0) is 54.4 Å². The lowest BCUT2D eigenvalue weighted by molar-refractivity contribution is 0.0323. The second-order valence-corrected chi connectivity index (χ2v) is 10.3. The van der Waals surface area contributed by atoms with Crippen molar-refractivity contribution in [1.29, 1.82) is 0 Å². The number of aromatic nitrogens is 2. The highest BCUT2D eigenvalue weighted by atomic mass is 16.5. The number of pyridine rings is 2. The molecule has 218 valence electrons. The number of methoxy groups -OCH3 is 2. The van der Waals surface area contributed by atoms with E-state index in [1.807, 2.05) is 42.5 Å². The molecule has 0 bridgehead atoms. The second-order valence-electron chi connectivity index (χ2n) is 10.3. The van der Waals surface area contributed by atoms with Gasteiger partial charge in [-0.3, -0.25) is 19.3 Å². The summed E-state index contributed by atoms with van der Waals surface area (Å²) < 4.78 is 24.1. The third kappa shape index (κ3) is 5.48. The minimum absolute atomic E-state index is 0.0871. The van der Waals surface area contributed by atoms with Crippen molar-refractivity contribution in [2.24, 2.45) is 4.99 Å². The average molecular weight is 571 g/mol. The quantitative estimate of drug-likeness (QED) is 0.328. The minimum atomic E-state index is -0.299. The van der Waals surface area contributed by atoms with Gasteiger partial charge < -0.3 is 24.1 Å². The highest BCUT2D eigenvalue weighted by Gasteiger charge is 2.25. The first-order chi connectivity index (χ1) is 20.6. The first-order valence-electron chi connectivity index (χ1n) is 14.1. The maximum Gasteiger partial charge on any atom is 0.264 e. The molecule has 0 saturated carbocycles. The van der Waals surface area contributed by atoms with E-state index in [-0.39, 0.29) is 18.2 Å². The van der Waals surface area contributed by atoms with Crippen LogP contribution in [-0.2, 0) is 11.2 Å². The second kappa shape index (κ2) is 12.3. The van der Waals surface area contributed by atoms with Crippen molar-refractivity contribution >= 4 is 16.5 Å². The molecule has 0 unspecified atom stereocenters. The molecule has 2 aromatic heterocycles. The van der Waals surface area contributed by atoms with Crippen LogP contribution in [0.2, 0.25) is 0 Å². The van der Waals surface area contributed by atoms with E-state index in [0.29, 0.717) is 47.2 Å². The molecule has 2 aromatic carbocycles. The lowest BCUT2D eigenvalue weighted by Crippen LogP contribution is -2.38. The maximum atomic E-state index is 13.7. The normalized spacial score (nSPS) is 17.0. The topological polar surface area (TPSA) is 108 Å². The number of aliphatic hydroxyl groups is 1. The Morgan fingerprint density at radius 1 is 1.00 bits per heavy atom. The van der Waals surface area contributed by atoms with Gasteiger partial charge in [0, 0.05) is 48.5 Å². The highest BCUT2D eigenvalue weighted by molar-refractivity contribution is 6.15. The molecule has 10 nitrogen and oxygen atoms in total. The molecular formula is C32H34N4O6. The van der Waals surface area contributed by atoms with Gasteiger partial charge in [-0.25, -0.2) is 4.98 Å². The van der Waals surface area contributed by atoms with Gasteiger partial charge >= 0.3 is 0 Å². The van der Waals surface area contributed by atoms with Crippen LogP contribution in [0.3, 0.4) is 0 Å². The van der Waals surface area contributed by atoms with Crippen molar-refractivity contribution in [2.45, 2.75) is 12.5 Å². The molecule has 0 spiro atoms. The number of hydrogen-bond donors (Lipinski definition) is 1. The van der Waals surface area contributed by atoms with Gasteiger partial charge in [0.05, 0.1) is 51.2 Å². The number of nitrogens with zero attached hydrogens (tertiary/aromatic N) is 4. The van der Waals surface area contributed by atoms with Gasteiger partial charge in [-0.15, -0.1) is 0 Å². The molecule has 1 fully saturated rings. The molecular weight excluding hydrogens is 536 g/mol. The predicted molar refractivity (Wildman–Crippen MR) is 160 cm³/mol. The largest absolute Gasteiger partial charge is 0.493 e. The van der Waals surface area contributed by atoms with Crippen LogP contribution in [0.15, 0.2) is 70.7 Å². The standard InChI is InChI=1S/C32H34N4O6/c1-39-28-17-22-16-23(20-37)34-31(26(22)19-29(28)40-2)21-6-8-33-30(18-21)36-9-7-24-25(32(36)38)4-3-5-27(24)42-15-12-35-10-13-41-14-11-35/h3-9,17-19,23,37H,10-16,20H2,1-2H3/t23-/m0/s1. The van der Waals surface area contributed by atoms with E-state index >= 15 is 0 Å². The highest BCUT2D eigenvalue weighted by Crippen LogP contribution is 2.35. The molecule has 2 aliphatic rings. The summed E-state index contributed by atoms with van der Waals surface area (Å²) in [5, 5.41) is 11.3. The molecule has 1 atom stereocenters. The molecule has 2 aliphatic heterocycles. The Bertz CT molecular complexity index is 1680. The van der Waals surface area contributed by atoms with E-state index in [0.717, 1.165) is 54.9 Å². The van der Waals surface area contributed by atoms with Crippen LogP contribution in [0.1, 0.15) is 16.7 Å². The Balaban J connectivity index is 1.32. The molecule has 10 heteroatoms. The van der Waals surface area contributed by atoms with Crippen LogP contribution >= 0.6 is 0 Å². The van der Waals surface area contributed by atoms with Crippen LogP contribution in [-0.4, -0.2) is 91.6 Å². The number of aliphatic hydroxyl groups excluding tert-OH is 1. The van der Waals surface area contributed by atoms with E-state index < -0.39 is 0 Å². The van der Waals surface area contributed by atoms with Crippen molar-refractivity contribution in [2.75, 3.05) is 60.3 Å². The minimum Gasteiger partial charge on any atom is -0.493 e. The summed E-state index contributed by atoms with van der Waals surface area (Å²) >= 11 is 0. The van der Waals surface area contributed by atoms with Gasteiger partial charge in [0.2, 0.25) is 0 Å². The van der Waals surface area contributed by atoms with Gasteiger partial charge in [0.15, 0.2) is 11.5 Å². The predicted octanol–water partition coefficient (Wildman–Crippen LogP) is 2.87. The lowest BCUT2D eigenvalue weighted by Gasteiger charge is -2.26. The summed E-state index contributed by atoms with van der Waals surface area (Å²) in [6, 6.07) is 14.7. The molecule has 0 radical (unpaired) electrons. The summed E-state index contributed by atoms with van der Waals surface area (Å²) in [5.41, 5.74) is 3.17. The molecule has 42 heavy (non-hydrogen) atoms. The van der Waals surface area contributed by atoms with Crippen LogP contribution in [0.25, 0.3) is 16.6 Å². The summed E-state index contributed by atoms with van der Waals surface area (Å²) in [6.45, 7) is 4.53. The monoisotopic (exact) mass is 570 g/mol. The van der Waals surface area contributed by atoms with Gasteiger partial charge in [0.1, 0.15) is 18.2 Å². The van der Waals surface area contributed by atoms with Crippen LogP contribution < -0.4 is 19.8 Å². The Morgan fingerprint density at radius 2 is 1.81 bits per heavy atom. The van der Waals surface area contributed by atoms with Crippen LogP contribution in [0.4, 0.5) is 0 Å². The van der Waals surface area contributed by atoms with Crippen LogP contribution in [0, 0.1) is 0 Å². The van der Waals surface area contributed by atoms with E-state index in [2.05, 4.69) is 9.88 Å². The fraction of sp³-hybridized carbons (Fsp3) is 0.344. The molecule has 0 amide bonds. The SMILES string of the molecule is COc1cc2c(cc1OC)C(c1ccnc(-n3ccc4c(OCCN5CCOCC5)cccc4c3=O)c1)=N[C@H](CO)C2. The zero-order valence-electron chi connectivity index (χ0n) is 23.8. The number of aliphatic imine (C=N–C) groups is 1. The van der Waals surface area contributed by atoms with Crippen LogP contribution in [0.5, 0.6) is 17.2 Å². The van der Waals surface area contributed by atoms with E-state index in [9.17, 15) is 9.90 Å². The van der Waals surface area contributed by atoms with E-state index in [4.69, 9.17) is 23.9 Å². The zero-order valence-corrected chi connectivity index (χ0v) is 23.8. The van der Waals surface area contributed by atoms with Crippen molar-refractivity contribution in [3.8, 4) is 23.1 Å². The van der Waals surface area contributed by atoms with Crippen molar-refractivity contribution < 1.29 is 24.1 Å². The summed E-state index contributed by atoms with van der Waals surface area (Å²) in [5.74, 6) is 2.36. The fourth-order valence-corrected chi connectivity index (χ4v) is 5.56. The van der Waals surface area contributed by atoms with E-state index in [1.165, 1.54) is 4.57 Å². The molecule has 4 aromatic rings. The maximum absolute atomic E-state index is 13.7. The number of morpholine rings is 1. The smallest absolute Gasteiger partial charge is 0.264 e. The third-order valence-electron chi connectivity index (χ3n) is 7.78. The Hall–Kier alpha value is -4.25. The first kappa shape index (κ1) is 27.9. The number of ether oxygens (including phenoxy) is 4. The summed E-state index contributed by atoms with van der Waals surface area (Å²) in [7, 11) is 3.19. The van der Waals surface area contributed by atoms with Gasteiger partial charge in [-0.1, -0.05) is 6.07 Å². The molecule has 1 saturated heterocycles. The van der Waals surface area contributed by atoms with Gasteiger partial charge in [-0.2, -0.15) is 0 Å².